The van der Waals surface area contributed by atoms with Crippen molar-refractivity contribution >= 4 is 23.5 Å². The molecular weight excluding hydrogens is 366 g/mol. The molecule has 3 nitrogen and oxygen atoms in total. The first-order valence-electron chi connectivity index (χ1n) is 8.99. The Balaban J connectivity index is 2.08. The van der Waals surface area contributed by atoms with Crippen LogP contribution in [0.2, 0.25) is 0 Å². The van der Waals surface area contributed by atoms with Gasteiger partial charge < -0.3 is 10.2 Å². The van der Waals surface area contributed by atoms with Gasteiger partial charge in [-0.1, -0.05) is 19.9 Å². The number of amides is 2. The van der Waals surface area contributed by atoms with Crippen LogP contribution in [0.5, 0.6) is 0 Å². The average molecular weight is 393 g/mol. The zero-order chi connectivity index (χ0) is 20.1. The lowest BCUT2D eigenvalue weighted by molar-refractivity contribution is 0.208. The number of urea groups is 1. The van der Waals surface area contributed by atoms with Crippen molar-refractivity contribution in [1.82, 2.24) is 4.90 Å². The van der Waals surface area contributed by atoms with Gasteiger partial charge >= 0.3 is 6.03 Å². The second kappa shape index (κ2) is 9.22. The van der Waals surface area contributed by atoms with Gasteiger partial charge in [-0.25, -0.2) is 13.6 Å². The maximum Gasteiger partial charge on any atom is 0.322 e. The SMILES string of the molecule is CCC(C)Sc1ccc(NC(=O)N(C)C(C)c2ccc(F)c(F)c2)c(C)c1. The number of carbonyl (C=O) groups is 1. The lowest BCUT2D eigenvalue weighted by Crippen LogP contribution is -2.33. The van der Waals surface area contributed by atoms with Gasteiger partial charge in [0.15, 0.2) is 11.6 Å². The molecule has 1 N–H and O–H groups in total. The van der Waals surface area contributed by atoms with Crippen molar-refractivity contribution in [2.24, 2.45) is 0 Å². The summed E-state index contributed by atoms with van der Waals surface area (Å²) in [6, 6.07) is 8.93. The molecule has 27 heavy (non-hydrogen) atoms. The Morgan fingerprint density at radius 2 is 1.85 bits per heavy atom. The molecule has 0 saturated carbocycles. The maximum absolute atomic E-state index is 13.5. The molecule has 0 aliphatic heterocycles. The van der Waals surface area contributed by atoms with Crippen molar-refractivity contribution in [1.29, 1.82) is 0 Å². The minimum Gasteiger partial charge on any atom is -0.321 e. The summed E-state index contributed by atoms with van der Waals surface area (Å²) in [5, 5.41) is 3.43. The van der Waals surface area contributed by atoms with Gasteiger partial charge in [0.1, 0.15) is 0 Å². The monoisotopic (exact) mass is 392 g/mol. The minimum atomic E-state index is -0.918. The molecule has 2 unspecified atom stereocenters. The van der Waals surface area contributed by atoms with Gasteiger partial charge in [-0.15, -0.1) is 11.8 Å². The van der Waals surface area contributed by atoms with Crippen LogP contribution in [0.4, 0.5) is 19.3 Å². The number of hydrogen-bond donors (Lipinski definition) is 1. The minimum absolute atomic E-state index is 0.308. The molecule has 0 bridgehead atoms. The molecule has 2 aromatic rings. The highest BCUT2D eigenvalue weighted by Crippen LogP contribution is 2.29. The van der Waals surface area contributed by atoms with Crippen LogP contribution in [0.15, 0.2) is 41.3 Å². The van der Waals surface area contributed by atoms with E-state index >= 15 is 0 Å². The Hall–Kier alpha value is -2.08. The maximum atomic E-state index is 13.5. The zero-order valence-corrected chi connectivity index (χ0v) is 17.2. The predicted molar refractivity (Wildman–Crippen MR) is 108 cm³/mol. The first-order chi connectivity index (χ1) is 12.7. The molecule has 146 valence electrons. The third-order valence-electron chi connectivity index (χ3n) is 4.68. The summed E-state index contributed by atoms with van der Waals surface area (Å²) in [6.45, 7) is 8.06. The first kappa shape index (κ1) is 21.2. The fourth-order valence-electron chi connectivity index (χ4n) is 2.54. The highest BCUT2D eigenvalue weighted by molar-refractivity contribution is 7.99. The molecule has 6 heteroatoms. The lowest BCUT2D eigenvalue weighted by Gasteiger charge is -2.26. The van der Waals surface area contributed by atoms with Gasteiger partial charge in [0.2, 0.25) is 0 Å². The van der Waals surface area contributed by atoms with Crippen molar-refractivity contribution in [3.05, 3.63) is 59.2 Å². The zero-order valence-electron chi connectivity index (χ0n) is 16.3. The summed E-state index contributed by atoms with van der Waals surface area (Å²) < 4.78 is 26.6. The van der Waals surface area contributed by atoms with Crippen LogP contribution in [-0.4, -0.2) is 23.2 Å². The third kappa shape index (κ3) is 5.45. The fraction of sp³-hybridized carbons (Fsp3) is 0.381. The Morgan fingerprint density at radius 3 is 2.44 bits per heavy atom. The van der Waals surface area contributed by atoms with Crippen molar-refractivity contribution in [3.63, 3.8) is 0 Å². The molecule has 0 aliphatic rings. The van der Waals surface area contributed by atoms with Crippen LogP contribution in [-0.2, 0) is 0 Å². The molecule has 2 rings (SSSR count). The van der Waals surface area contributed by atoms with E-state index in [2.05, 4.69) is 25.2 Å². The number of anilines is 1. The highest BCUT2D eigenvalue weighted by atomic mass is 32.2. The van der Waals surface area contributed by atoms with Gasteiger partial charge in [-0.3, -0.25) is 0 Å². The van der Waals surface area contributed by atoms with Crippen molar-refractivity contribution in [3.8, 4) is 0 Å². The van der Waals surface area contributed by atoms with Gasteiger partial charge in [-0.2, -0.15) is 0 Å². The van der Waals surface area contributed by atoms with Crippen LogP contribution in [0.25, 0.3) is 0 Å². The van der Waals surface area contributed by atoms with Gasteiger partial charge in [0, 0.05) is 22.9 Å². The number of carbonyl (C=O) groups excluding carboxylic acids is 1. The summed E-state index contributed by atoms with van der Waals surface area (Å²) >= 11 is 1.81. The summed E-state index contributed by atoms with van der Waals surface area (Å²) in [4.78, 5) is 15.2. The molecule has 2 aromatic carbocycles. The predicted octanol–water partition coefficient (Wildman–Crippen LogP) is 6.39. The van der Waals surface area contributed by atoms with Crippen molar-refractivity contribution in [2.75, 3.05) is 12.4 Å². The molecule has 0 spiro atoms. The molecule has 0 aromatic heterocycles. The van der Waals surface area contributed by atoms with Crippen molar-refractivity contribution < 1.29 is 13.6 Å². The third-order valence-corrected chi connectivity index (χ3v) is 5.94. The number of hydrogen-bond acceptors (Lipinski definition) is 2. The Morgan fingerprint density at radius 1 is 1.15 bits per heavy atom. The number of halogens is 2. The fourth-order valence-corrected chi connectivity index (χ4v) is 3.56. The smallest absolute Gasteiger partial charge is 0.321 e. The van der Waals surface area contributed by atoms with Gasteiger partial charge in [-0.05, 0) is 61.7 Å². The van der Waals surface area contributed by atoms with E-state index in [1.54, 1.807) is 14.0 Å². The second-order valence-electron chi connectivity index (χ2n) is 6.70. The van der Waals surface area contributed by atoms with E-state index in [0.29, 0.717) is 10.8 Å². The van der Waals surface area contributed by atoms with Gasteiger partial charge in [0.05, 0.1) is 6.04 Å². The number of benzene rings is 2. The second-order valence-corrected chi connectivity index (χ2v) is 8.22. The molecule has 0 heterocycles. The summed E-state index contributed by atoms with van der Waals surface area (Å²) in [5.74, 6) is -1.82. The molecule has 0 saturated heterocycles. The van der Waals surface area contributed by atoms with E-state index < -0.39 is 17.7 Å². The first-order valence-corrected chi connectivity index (χ1v) is 9.87. The van der Waals surface area contributed by atoms with E-state index in [0.717, 1.165) is 29.8 Å². The number of thioether (sulfide) groups is 1. The van der Waals surface area contributed by atoms with Crippen LogP contribution in [0.1, 0.15) is 44.4 Å². The number of nitrogens with one attached hydrogen (secondary N) is 1. The van der Waals surface area contributed by atoms with Gasteiger partial charge in [0.25, 0.3) is 0 Å². The Labute approximate surface area is 164 Å². The van der Waals surface area contributed by atoms with E-state index in [-0.39, 0.29) is 6.03 Å². The topological polar surface area (TPSA) is 32.3 Å². The molecule has 2 amide bonds. The van der Waals surface area contributed by atoms with E-state index in [1.165, 1.54) is 15.9 Å². The normalized spacial score (nSPS) is 13.1. The quantitative estimate of drug-likeness (QED) is 0.578. The largest absolute Gasteiger partial charge is 0.322 e. The molecule has 0 radical (unpaired) electrons. The average Bonchev–Trinajstić information content (AvgIpc) is 2.64. The van der Waals surface area contributed by atoms with Crippen molar-refractivity contribution in [2.45, 2.75) is 50.3 Å². The molecule has 0 aliphatic carbocycles. The van der Waals surface area contributed by atoms with E-state index in [1.807, 2.05) is 30.8 Å². The van der Waals surface area contributed by atoms with Crippen LogP contribution in [0, 0.1) is 18.6 Å². The Kier molecular flexibility index (Phi) is 7.25. The van der Waals surface area contributed by atoms with E-state index in [9.17, 15) is 13.6 Å². The number of nitrogens with zero attached hydrogens (tertiary/aromatic N) is 1. The number of aryl methyl sites for hydroxylation is 1. The summed E-state index contributed by atoms with van der Waals surface area (Å²) in [5.41, 5.74) is 2.24. The highest BCUT2D eigenvalue weighted by Gasteiger charge is 2.19. The summed E-state index contributed by atoms with van der Waals surface area (Å²) in [6.07, 6.45) is 1.09. The summed E-state index contributed by atoms with van der Waals surface area (Å²) in [7, 11) is 1.63. The lowest BCUT2D eigenvalue weighted by atomic mass is 10.1. The van der Waals surface area contributed by atoms with Crippen LogP contribution in [0.3, 0.4) is 0 Å². The van der Waals surface area contributed by atoms with Crippen LogP contribution < -0.4 is 5.32 Å². The Bertz CT molecular complexity index is 813. The molecule has 0 fully saturated rings. The van der Waals surface area contributed by atoms with Crippen LogP contribution >= 0.6 is 11.8 Å². The molecule has 2 atom stereocenters. The molecular formula is C21H26F2N2OS. The van der Waals surface area contributed by atoms with E-state index in [4.69, 9.17) is 0 Å². The number of rotatable bonds is 6. The standard InChI is InChI=1S/C21H26F2N2OS/c1-6-14(3)27-17-8-10-20(13(2)11-17)24-21(26)25(5)15(4)16-7-9-18(22)19(23)12-16/h7-12,14-15H,6H2,1-5H3,(H,24,26).